The van der Waals surface area contributed by atoms with Gasteiger partial charge >= 0.3 is 0 Å². The summed E-state index contributed by atoms with van der Waals surface area (Å²) in [4.78, 5) is 21.0. The standard InChI is InChI=1S/C7H13NO4.C6H11NO2/c1-2-6(12)8-7(3-9,4-10)5-11;1-5(6(7)9)3-2-4-8/h2,9-11H,1,3-5H2,(H,8,12);3,8H,2,4H2,1H3,(H2,7,9). The Morgan fingerprint density at radius 2 is 1.67 bits per heavy atom. The molecule has 0 radical (unpaired) electrons. The molecule has 0 saturated carbocycles. The number of amides is 2. The Morgan fingerprint density at radius 3 is 1.95 bits per heavy atom. The van der Waals surface area contributed by atoms with E-state index in [1.807, 2.05) is 0 Å². The highest BCUT2D eigenvalue weighted by Gasteiger charge is 2.28. The van der Waals surface area contributed by atoms with Crippen molar-refractivity contribution in [2.45, 2.75) is 18.9 Å². The van der Waals surface area contributed by atoms with E-state index in [0.717, 1.165) is 6.08 Å². The van der Waals surface area contributed by atoms with Crippen LogP contribution in [0, 0.1) is 0 Å². The van der Waals surface area contributed by atoms with E-state index in [-0.39, 0.29) is 6.61 Å². The number of aliphatic hydroxyl groups excluding tert-OH is 4. The largest absolute Gasteiger partial charge is 0.396 e. The Labute approximate surface area is 123 Å². The summed E-state index contributed by atoms with van der Waals surface area (Å²) in [5.74, 6) is -0.976. The summed E-state index contributed by atoms with van der Waals surface area (Å²) in [6.07, 6.45) is 3.10. The molecule has 7 N–H and O–H groups in total. The molecule has 0 aliphatic rings. The minimum atomic E-state index is -1.36. The maximum absolute atomic E-state index is 10.7. The third-order valence-electron chi connectivity index (χ3n) is 2.45. The van der Waals surface area contributed by atoms with Gasteiger partial charge in [-0.2, -0.15) is 0 Å². The zero-order valence-corrected chi connectivity index (χ0v) is 12.1. The molecule has 0 bridgehead atoms. The van der Waals surface area contributed by atoms with Gasteiger partial charge < -0.3 is 31.5 Å². The molecule has 0 aliphatic carbocycles. The summed E-state index contributed by atoms with van der Waals surface area (Å²) in [6, 6.07) is 0. The number of carbonyl (C=O) groups excluding carboxylic acids is 2. The smallest absolute Gasteiger partial charge is 0.244 e. The molecule has 0 aromatic rings. The van der Waals surface area contributed by atoms with Gasteiger partial charge in [0.2, 0.25) is 11.8 Å². The van der Waals surface area contributed by atoms with Gasteiger partial charge in [-0.1, -0.05) is 12.7 Å². The first-order chi connectivity index (χ1) is 9.82. The molecule has 122 valence electrons. The highest BCUT2D eigenvalue weighted by molar-refractivity contribution is 5.91. The van der Waals surface area contributed by atoms with Crippen molar-refractivity contribution in [2.24, 2.45) is 5.73 Å². The van der Waals surface area contributed by atoms with Gasteiger partial charge in [-0.3, -0.25) is 9.59 Å². The predicted octanol–water partition coefficient (Wildman–Crippen LogP) is -2.20. The van der Waals surface area contributed by atoms with E-state index in [0.29, 0.717) is 12.0 Å². The normalized spacial score (nSPS) is 11.2. The molecule has 0 heterocycles. The van der Waals surface area contributed by atoms with Crippen molar-refractivity contribution in [3.05, 3.63) is 24.3 Å². The maximum atomic E-state index is 10.7. The number of aliphatic hydroxyl groups is 4. The Bertz CT molecular complexity index is 355. The minimum Gasteiger partial charge on any atom is -0.396 e. The van der Waals surface area contributed by atoms with Crippen LogP contribution in [0.25, 0.3) is 0 Å². The van der Waals surface area contributed by atoms with Gasteiger partial charge in [0.1, 0.15) is 5.54 Å². The zero-order valence-electron chi connectivity index (χ0n) is 12.1. The number of rotatable bonds is 8. The molecular formula is C13H24N2O6. The molecule has 0 spiro atoms. The fourth-order valence-corrected chi connectivity index (χ4v) is 0.963. The van der Waals surface area contributed by atoms with Crippen molar-refractivity contribution >= 4 is 11.8 Å². The minimum absolute atomic E-state index is 0.0601. The summed E-state index contributed by atoms with van der Waals surface area (Å²) in [7, 11) is 0. The van der Waals surface area contributed by atoms with Crippen molar-refractivity contribution in [1.29, 1.82) is 0 Å². The van der Waals surface area contributed by atoms with E-state index in [2.05, 4.69) is 11.9 Å². The number of nitrogens with two attached hydrogens (primary N) is 1. The third kappa shape index (κ3) is 9.74. The molecule has 0 rings (SSSR count). The number of hydrogen-bond acceptors (Lipinski definition) is 6. The quantitative estimate of drug-likeness (QED) is 0.280. The lowest BCUT2D eigenvalue weighted by Crippen LogP contribution is -2.56. The van der Waals surface area contributed by atoms with Gasteiger partial charge in [0.25, 0.3) is 0 Å². The summed E-state index contributed by atoms with van der Waals surface area (Å²) in [5.41, 5.74) is 4.04. The van der Waals surface area contributed by atoms with Crippen LogP contribution in [0.4, 0.5) is 0 Å². The van der Waals surface area contributed by atoms with Crippen molar-refractivity contribution < 1.29 is 30.0 Å². The fourth-order valence-electron chi connectivity index (χ4n) is 0.963. The monoisotopic (exact) mass is 304 g/mol. The summed E-state index contributed by atoms with van der Waals surface area (Å²) in [5, 5.41) is 36.8. The van der Waals surface area contributed by atoms with E-state index in [1.165, 1.54) is 0 Å². The van der Waals surface area contributed by atoms with Crippen molar-refractivity contribution in [2.75, 3.05) is 26.4 Å². The van der Waals surface area contributed by atoms with Crippen molar-refractivity contribution in [1.82, 2.24) is 5.32 Å². The average Bonchev–Trinajstić information content (AvgIpc) is 2.50. The highest BCUT2D eigenvalue weighted by Crippen LogP contribution is 2.00. The van der Waals surface area contributed by atoms with Gasteiger partial charge in [-0.15, -0.1) is 0 Å². The van der Waals surface area contributed by atoms with E-state index in [1.54, 1.807) is 13.0 Å². The molecule has 0 atom stereocenters. The zero-order chi connectivity index (χ0) is 16.9. The molecule has 0 aromatic heterocycles. The molecule has 21 heavy (non-hydrogen) atoms. The van der Waals surface area contributed by atoms with Crippen molar-refractivity contribution in [3.63, 3.8) is 0 Å². The first-order valence-electron chi connectivity index (χ1n) is 6.17. The second-order valence-corrected chi connectivity index (χ2v) is 4.21. The lowest BCUT2D eigenvalue weighted by Gasteiger charge is -2.27. The summed E-state index contributed by atoms with van der Waals surface area (Å²) >= 11 is 0. The number of carbonyl (C=O) groups is 2. The fraction of sp³-hybridized carbons (Fsp3) is 0.538. The second-order valence-electron chi connectivity index (χ2n) is 4.21. The van der Waals surface area contributed by atoms with Crippen LogP contribution >= 0.6 is 0 Å². The molecule has 0 unspecified atom stereocenters. The topological polar surface area (TPSA) is 153 Å². The molecule has 8 heteroatoms. The maximum Gasteiger partial charge on any atom is 0.244 e. The third-order valence-corrected chi connectivity index (χ3v) is 2.45. The van der Waals surface area contributed by atoms with E-state index in [9.17, 15) is 9.59 Å². The van der Waals surface area contributed by atoms with Crippen LogP contribution in [0.3, 0.4) is 0 Å². The van der Waals surface area contributed by atoms with Crippen LogP contribution in [0.15, 0.2) is 24.3 Å². The van der Waals surface area contributed by atoms with Crippen LogP contribution in [-0.4, -0.2) is 64.2 Å². The Morgan fingerprint density at radius 1 is 1.19 bits per heavy atom. The average molecular weight is 304 g/mol. The van der Waals surface area contributed by atoms with Crippen LogP contribution in [0.1, 0.15) is 13.3 Å². The van der Waals surface area contributed by atoms with Crippen LogP contribution < -0.4 is 11.1 Å². The predicted molar refractivity (Wildman–Crippen MR) is 77.0 cm³/mol. The van der Waals surface area contributed by atoms with E-state index >= 15 is 0 Å². The molecular weight excluding hydrogens is 280 g/mol. The Kier molecular flexibility index (Phi) is 12.4. The lowest BCUT2D eigenvalue weighted by molar-refractivity contribution is -0.120. The lowest BCUT2D eigenvalue weighted by atomic mass is 10.0. The summed E-state index contributed by atoms with van der Waals surface area (Å²) in [6.45, 7) is 3.29. The first-order valence-corrected chi connectivity index (χ1v) is 6.17. The number of nitrogens with one attached hydrogen (secondary N) is 1. The summed E-state index contributed by atoms with van der Waals surface area (Å²) < 4.78 is 0. The highest BCUT2D eigenvalue weighted by atomic mass is 16.3. The molecule has 0 saturated heterocycles. The molecule has 0 fully saturated rings. The molecule has 0 aliphatic heterocycles. The van der Waals surface area contributed by atoms with Gasteiger partial charge in [0, 0.05) is 12.2 Å². The SMILES string of the molecule is C=CC(=O)NC(CO)(CO)CO.CC(=CCCO)C(N)=O. The van der Waals surface area contributed by atoms with Gasteiger partial charge in [0.15, 0.2) is 0 Å². The molecule has 8 nitrogen and oxygen atoms in total. The molecule has 0 aromatic carbocycles. The van der Waals surface area contributed by atoms with Crippen LogP contribution in [0.5, 0.6) is 0 Å². The van der Waals surface area contributed by atoms with E-state index < -0.39 is 37.2 Å². The first kappa shape index (κ1) is 21.6. The van der Waals surface area contributed by atoms with Gasteiger partial charge in [0.05, 0.1) is 19.8 Å². The van der Waals surface area contributed by atoms with Gasteiger partial charge in [-0.25, -0.2) is 0 Å². The Balaban J connectivity index is 0. The number of primary amides is 1. The van der Waals surface area contributed by atoms with Crippen molar-refractivity contribution in [3.8, 4) is 0 Å². The van der Waals surface area contributed by atoms with E-state index in [4.69, 9.17) is 26.2 Å². The van der Waals surface area contributed by atoms with Crippen LogP contribution in [0.2, 0.25) is 0 Å². The molecule has 2 amide bonds. The number of hydrogen-bond donors (Lipinski definition) is 6. The Hall–Kier alpha value is -1.74. The van der Waals surface area contributed by atoms with Crippen LogP contribution in [-0.2, 0) is 9.59 Å². The second kappa shape index (κ2) is 12.0. The van der Waals surface area contributed by atoms with Gasteiger partial charge in [-0.05, 0) is 19.4 Å².